The van der Waals surface area contributed by atoms with Crippen LogP contribution in [0.25, 0.3) is 16.7 Å². The summed E-state index contributed by atoms with van der Waals surface area (Å²) in [5, 5.41) is 4.63. The Kier molecular flexibility index (Phi) is 7.70. The van der Waals surface area contributed by atoms with E-state index in [1.165, 1.54) is 29.4 Å². The summed E-state index contributed by atoms with van der Waals surface area (Å²) >= 11 is 0. The second-order valence-electron chi connectivity index (χ2n) is 10.1. The molecule has 1 aliphatic rings. The van der Waals surface area contributed by atoms with Crippen molar-refractivity contribution in [1.82, 2.24) is 14.9 Å². The molecular formula is C29H29F4N7O. The molecular weight excluding hydrogens is 538 g/mol. The highest BCUT2D eigenvalue weighted by Gasteiger charge is 2.36. The zero-order valence-corrected chi connectivity index (χ0v) is 22.2. The van der Waals surface area contributed by atoms with E-state index in [2.05, 4.69) is 15.3 Å². The number of aromatic amines is 1. The van der Waals surface area contributed by atoms with Crippen LogP contribution in [0.2, 0.25) is 0 Å². The summed E-state index contributed by atoms with van der Waals surface area (Å²) in [5.74, 6) is 4.28. The fourth-order valence-electron chi connectivity index (χ4n) is 4.88. The Hall–Kier alpha value is -4.42. The van der Waals surface area contributed by atoms with E-state index in [-0.39, 0.29) is 23.4 Å². The Morgan fingerprint density at radius 1 is 1.15 bits per heavy atom. The fourth-order valence-corrected chi connectivity index (χ4v) is 4.88. The van der Waals surface area contributed by atoms with E-state index in [1.807, 2.05) is 17.0 Å². The lowest BCUT2D eigenvalue weighted by molar-refractivity contribution is -0.140. The van der Waals surface area contributed by atoms with Gasteiger partial charge in [0.25, 0.3) is 5.91 Å². The molecule has 3 heterocycles. The fraction of sp³-hybridized carbons (Fsp3) is 0.241. The van der Waals surface area contributed by atoms with Crippen LogP contribution in [-0.4, -0.2) is 33.9 Å². The highest BCUT2D eigenvalue weighted by Crippen LogP contribution is 2.35. The first kappa shape index (κ1) is 28.1. The third-order valence-electron chi connectivity index (χ3n) is 7.06. The molecule has 0 unspecified atom stereocenters. The quantitative estimate of drug-likeness (QED) is 0.133. The van der Waals surface area contributed by atoms with Crippen molar-refractivity contribution >= 4 is 34.0 Å². The number of nitrogens with zero attached hydrogens (tertiary/aromatic N) is 3. The van der Waals surface area contributed by atoms with E-state index >= 15 is 0 Å². The Morgan fingerprint density at radius 2 is 1.90 bits per heavy atom. The first-order valence-electron chi connectivity index (χ1n) is 13.0. The maximum Gasteiger partial charge on any atom is 0.419 e. The van der Waals surface area contributed by atoms with Crippen LogP contribution in [0.4, 0.5) is 28.9 Å². The minimum absolute atomic E-state index is 0.0235. The number of nitrogens with one attached hydrogen (secondary N) is 2. The van der Waals surface area contributed by atoms with Gasteiger partial charge >= 0.3 is 6.18 Å². The van der Waals surface area contributed by atoms with Crippen LogP contribution in [0, 0.1) is 12.7 Å². The van der Waals surface area contributed by atoms with Gasteiger partial charge in [-0.3, -0.25) is 14.7 Å². The molecule has 0 aliphatic carbocycles. The summed E-state index contributed by atoms with van der Waals surface area (Å²) in [6, 6.07) is 10.3. The number of alkyl halides is 3. The zero-order valence-electron chi connectivity index (χ0n) is 22.2. The van der Waals surface area contributed by atoms with Gasteiger partial charge < -0.3 is 16.0 Å². The third kappa shape index (κ3) is 6.18. The van der Waals surface area contributed by atoms with Crippen molar-refractivity contribution in [3.05, 3.63) is 94.7 Å². The molecule has 2 aromatic heterocycles. The number of hydrogen-bond acceptors (Lipinski definition) is 6. The maximum absolute atomic E-state index is 14.8. The molecule has 6 N–H and O–H groups in total. The number of pyridine rings is 1. The van der Waals surface area contributed by atoms with Crippen molar-refractivity contribution in [3.63, 3.8) is 0 Å². The number of aromatic nitrogens is 2. The average molecular weight is 568 g/mol. The number of halogens is 4. The monoisotopic (exact) mass is 567 g/mol. The van der Waals surface area contributed by atoms with Crippen molar-refractivity contribution in [1.29, 1.82) is 0 Å². The van der Waals surface area contributed by atoms with Crippen LogP contribution in [0.1, 0.15) is 45.5 Å². The lowest BCUT2D eigenvalue weighted by Gasteiger charge is -2.20. The average Bonchev–Trinajstić information content (AvgIpc) is 3.61. The molecule has 5 rings (SSSR count). The Labute approximate surface area is 233 Å². The van der Waals surface area contributed by atoms with E-state index in [4.69, 9.17) is 11.6 Å². The number of carbonyl (C=O) groups is 1. The molecule has 2 aromatic carbocycles. The van der Waals surface area contributed by atoms with Gasteiger partial charge in [0, 0.05) is 52.9 Å². The summed E-state index contributed by atoms with van der Waals surface area (Å²) in [5.41, 5.74) is 7.56. The van der Waals surface area contributed by atoms with Gasteiger partial charge in [0.1, 0.15) is 11.5 Å². The molecule has 0 spiro atoms. The predicted molar refractivity (Wildman–Crippen MR) is 150 cm³/mol. The van der Waals surface area contributed by atoms with Crippen molar-refractivity contribution in [3.8, 4) is 0 Å². The Bertz CT molecular complexity index is 1620. The zero-order chi connectivity index (χ0) is 29.3. The van der Waals surface area contributed by atoms with Crippen molar-refractivity contribution < 1.29 is 22.4 Å². The van der Waals surface area contributed by atoms with E-state index in [0.29, 0.717) is 41.8 Å². The molecule has 0 atom stereocenters. The second-order valence-corrected chi connectivity index (χ2v) is 10.1. The summed E-state index contributed by atoms with van der Waals surface area (Å²) in [6.07, 6.45) is 1.73. The summed E-state index contributed by atoms with van der Waals surface area (Å²) in [7, 11) is 0. The molecule has 41 heavy (non-hydrogen) atoms. The van der Waals surface area contributed by atoms with Gasteiger partial charge in [0.05, 0.1) is 16.9 Å². The number of H-pyrrole nitrogens is 1. The molecule has 4 aromatic rings. The van der Waals surface area contributed by atoms with Gasteiger partial charge in [-0.2, -0.15) is 13.2 Å². The highest BCUT2D eigenvalue weighted by molar-refractivity contribution is 6.05. The van der Waals surface area contributed by atoms with Crippen LogP contribution < -0.4 is 21.9 Å². The number of hydrogen-bond donors (Lipinski definition) is 4. The van der Waals surface area contributed by atoms with Crippen LogP contribution in [0.15, 0.2) is 61.1 Å². The number of anilines is 2. The summed E-state index contributed by atoms with van der Waals surface area (Å²) < 4.78 is 55.8. The number of carbonyl (C=O) groups excluding carboxylic acids is 1. The number of aryl methyl sites for hydroxylation is 1. The van der Waals surface area contributed by atoms with E-state index < -0.39 is 23.5 Å². The lowest BCUT2D eigenvalue weighted by Crippen LogP contribution is -2.27. The second kappa shape index (κ2) is 11.2. The van der Waals surface area contributed by atoms with E-state index in [1.54, 1.807) is 25.4 Å². The van der Waals surface area contributed by atoms with Crippen LogP contribution >= 0.6 is 0 Å². The number of benzene rings is 2. The first-order chi connectivity index (χ1) is 19.5. The minimum atomic E-state index is -4.92. The number of fused-ring (bicyclic) bond motifs is 1. The van der Waals surface area contributed by atoms with Crippen molar-refractivity contribution in [2.75, 3.05) is 23.4 Å². The molecule has 8 nitrogen and oxygen atoms in total. The summed E-state index contributed by atoms with van der Waals surface area (Å²) in [4.78, 5) is 22.3. The number of nitrogens with two attached hydrogens (primary N) is 2. The van der Waals surface area contributed by atoms with Gasteiger partial charge in [-0.15, -0.1) is 0 Å². The molecule has 214 valence electrons. The molecule has 1 saturated heterocycles. The molecule has 0 bridgehead atoms. The summed E-state index contributed by atoms with van der Waals surface area (Å²) in [6.45, 7) is 3.16. The molecule has 1 amide bonds. The van der Waals surface area contributed by atoms with Gasteiger partial charge in [-0.25, -0.2) is 15.2 Å². The van der Waals surface area contributed by atoms with Crippen LogP contribution in [0.5, 0.6) is 0 Å². The maximum atomic E-state index is 14.8. The third-order valence-corrected chi connectivity index (χ3v) is 7.06. The number of amides is 1. The lowest BCUT2D eigenvalue weighted by atomic mass is 10.1. The number of hydrazine groups is 1. The van der Waals surface area contributed by atoms with Gasteiger partial charge in [-0.1, -0.05) is 6.07 Å². The van der Waals surface area contributed by atoms with Gasteiger partial charge in [0.2, 0.25) is 0 Å². The Balaban J connectivity index is 1.39. The Morgan fingerprint density at radius 3 is 2.63 bits per heavy atom. The molecule has 1 fully saturated rings. The predicted octanol–water partition coefficient (Wildman–Crippen LogP) is 5.51. The van der Waals surface area contributed by atoms with Crippen LogP contribution in [0.3, 0.4) is 0 Å². The minimum Gasteiger partial charge on any atom is -0.397 e. The largest absolute Gasteiger partial charge is 0.419 e. The molecule has 0 radical (unpaired) electrons. The SMILES string of the molecule is Cc1ccc(C(=O)Nc2cc(CN3CCCC3)c(F)c(C(F)(F)F)c2)cc1N(N)/C=C(\N)c1cnc2[nH]ccc2c1. The molecule has 1 aliphatic heterocycles. The highest BCUT2D eigenvalue weighted by atomic mass is 19.4. The normalized spacial score (nSPS) is 14.5. The number of likely N-dealkylation sites (tertiary alicyclic amines) is 1. The molecule has 0 saturated carbocycles. The number of rotatable bonds is 7. The standard InChI is InChI=1S/C29H29F4N7O/c1-17-4-5-19(12-25(17)40(35)16-24(34)20-10-18-6-7-36-27(18)37-14-20)28(41)38-22-11-21(15-39-8-2-3-9-39)26(30)23(13-22)29(31,32)33/h4-7,10-14,16H,2-3,8-9,15,34-35H2,1H3,(H,36,37)(H,38,41)/b24-16-. The van der Waals surface area contributed by atoms with Crippen molar-refractivity contribution in [2.24, 2.45) is 11.6 Å². The van der Waals surface area contributed by atoms with Crippen molar-refractivity contribution in [2.45, 2.75) is 32.5 Å². The topological polar surface area (TPSA) is 116 Å². The molecule has 12 heteroatoms. The van der Waals surface area contributed by atoms with E-state index in [0.717, 1.165) is 23.8 Å². The van der Waals surface area contributed by atoms with Crippen LogP contribution in [-0.2, 0) is 12.7 Å². The van der Waals surface area contributed by atoms with Gasteiger partial charge in [0.15, 0.2) is 0 Å². The van der Waals surface area contributed by atoms with Gasteiger partial charge in [-0.05, 0) is 74.8 Å². The smallest absolute Gasteiger partial charge is 0.397 e. The van der Waals surface area contributed by atoms with E-state index in [9.17, 15) is 22.4 Å². The first-order valence-corrected chi connectivity index (χ1v) is 13.0.